The van der Waals surface area contributed by atoms with E-state index >= 15 is 0 Å². The Labute approximate surface area is 239 Å². The molecule has 0 aliphatic carbocycles. The van der Waals surface area contributed by atoms with Crippen LogP contribution < -0.4 is 14.2 Å². The SMILES string of the molecule is C=C(C)C(=O)Oc1ccc(-c2ccc(C(=O)Oc3ccc(OCCCCCCOC(=O)C(=C)CO)cc3)cc2)cc1. The summed E-state index contributed by atoms with van der Waals surface area (Å²) in [6.45, 7) is 9.01. The Kier molecular flexibility index (Phi) is 11.9. The van der Waals surface area contributed by atoms with Crippen molar-refractivity contribution >= 4 is 17.9 Å². The van der Waals surface area contributed by atoms with Gasteiger partial charge in [0.2, 0.25) is 0 Å². The molecule has 0 heterocycles. The smallest absolute Gasteiger partial charge is 0.343 e. The van der Waals surface area contributed by atoms with Gasteiger partial charge in [-0.2, -0.15) is 0 Å². The summed E-state index contributed by atoms with van der Waals surface area (Å²) in [6.07, 6.45) is 3.38. The van der Waals surface area contributed by atoms with E-state index in [0.717, 1.165) is 36.8 Å². The number of esters is 3. The molecular formula is C33H34O8. The van der Waals surface area contributed by atoms with Crippen molar-refractivity contribution in [1.82, 2.24) is 0 Å². The van der Waals surface area contributed by atoms with Gasteiger partial charge < -0.3 is 24.1 Å². The molecule has 214 valence electrons. The summed E-state index contributed by atoms with van der Waals surface area (Å²) in [7, 11) is 0. The summed E-state index contributed by atoms with van der Waals surface area (Å²) < 4.78 is 21.4. The topological polar surface area (TPSA) is 108 Å². The Hall–Kier alpha value is -4.69. The van der Waals surface area contributed by atoms with Crippen LogP contribution in [-0.2, 0) is 14.3 Å². The van der Waals surface area contributed by atoms with Crippen LogP contribution in [0.15, 0.2) is 97.1 Å². The molecule has 0 saturated carbocycles. The second kappa shape index (κ2) is 15.8. The van der Waals surface area contributed by atoms with Crippen molar-refractivity contribution < 1.29 is 38.4 Å². The molecule has 41 heavy (non-hydrogen) atoms. The van der Waals surface area contributed by atoms with Gasteiger partial charge in [0, 0.05) is 5.57 Å². The van der Waals surface area contributed by atoms with Crippen LogP contribution >= 0.6 is 0 Å². The van der Waals surface area contributed by atoms with Crippen molar-refractivity contribution in [3.8, 4) is 28.4 Å². The van der Waals surface area contributed by atoms with Crippen LogP contribution in [0.3, 0.4) is 0 Å². The van der Waals surface area contributed by atoms with E-state index in [1.54, 1.807) is 55.5 Å². The van der Waals surface area contributed by atoms with Gasteiger partial charge in [0.05, 0.1) is 31.0 Å². The number of aliphatic hydroxyl groups excluding tert-OH is 1. The average Bonchev–Trinajstić information content (AvgIpc) is 2.99. The standard InChI is InChI=1S/C33H34O8/c1-23(2)31(35)40-29-14-12-26(13-15-29)25-8-10-27(11-9-25)33(37)41-30-18-16-28(17-19-30)38-20-6-4-5-7-21-39-32(36)24(3)22-34/h8-19,34H,1,3-7,20-22H2,2H3. The summed E-state index contributed by atoms with van der Waals surface area (Å²) in [6, 6.07) is 20.9. The second-order valence-electron chi connectivity index (χ2n) is 9.29. The van der Waals surface area contributed by atoms with Gasteiger partial charge in [0.1, 0.15) is 17.2 Å². The molecule has 0 fully saturated rings. The third-order valence-corrected chi connectivity index (χ3v) is 5.92. The Balaban J connectivity index is 1.38. The molecule has 0 unspecified atom stereocenters. The highest BCUT2D eigenvalue weighted by atomic mass is 16.5. The number of hydrogen-bond donors (Lipinski definition) is 1. The first-order valence-electron chi connectivity index (χ1n) is 13.3. The van der Waals surface area contributed by atoms with Crippen LogP contribution in [0.25, 0.3) is 11.1 Å². The number of carbonyl (C=O) groups excluding carboxylic acids is 3. The molecule has 3 aromatic rings. The Morgan fingerprint density at radius 3 is 1.76 bits per heavy atom. The van der Waals surface area contributed by atoms with E-state index in [2.05, 4.69) is 13.2 Å². The van der Waals surface area contributed by atoms with Crippen molar-refractivity contribution in [3.63, 3.8) is 0 Å². The molecule has 1 N–H and O–H groups in total. The maximum atomic E-state index is 12.6. The molecular weight excluding hydrogens is 524 g/mol. The van der Waals surface area contributed by atoms with Gasteiger partial charge in [-0.1, -0.05) is 37.4 Å². The third-order valence-electron chi connectivity index (χ3n) is 5.92. The monoisotopic (exact) mass is 558 g/mol. The zero-order chi connectivity index (χ0) is 29.6. The number of benzene rings is 3. The van der Waals surface area contributed by atoms with Gasteiger partial charge in [-0.05, 0) is 92.3 Å². The maximum absolute atomic E-state index is 12.6. The number of ether oxygens (including phenoxy) is 4. The van der Waals surface area contributed by atoms with Crippen LogP contribution in [0.5, 0.6) is 17.2 Å². The highest BCUT2D eigenvalue weighted by Gasteiger charge is 2.11. The fourth-order valence-electron chi connectivity index (χ4n) is 3.56. The van der Waals surface area contributed by atoms with Crippen LogP contribution in [0.1, 0.15) is 43.0 Å². The van der Waals surface area contributed by atoms with E-state index in [-0.39, 0.29) is 5.57 Å². The number of aliphatic hydroxyl groups is 1. The van der Waals surface area contributed by atoms with E-state index in [1.165, 1.54) is 0 Å². The molecule has 3 rings (SSSR count). The van der Waals surface area contributed by atoms with Crippen molar-refractivity contribution in [2.45, 2.75) is 32.6 Å². The molecule has 0 saturated heterocycles. The lowest BCUT2D eigenvalue weighted by molar-refractivity contribution is -0.139. The minimum Gasteiger partial charge on any atom is -0.494 e. The van der Waals surface area contributed by atoms with E-state index in [1.807, 2.05) is 24.3 Å². The molecule has 0 atom stereocenters. The average molecular weight is 559 g/mol. The summed E-state index contributed by atoms with van der Waals surface area (Å²) in [4.78, 5) is 35.6. The van der Waals surface area contributed by atoms with Crippen molar-refractivity contribution in [2.75, 3.05) is 19.8 Å². The van der Waals surface area contributed by atoms with Crippen molar-refractivity contribution in [3.05, 3.63) is 103 Å². The van der Waals surface area contributed by atoms with Crippen molar-refractivity contribution in [2.24, 2.45) is 0 Å². The summed E-state index contributed by atoms with van der Waals surface area (Å²) in [5.74, 6) is -0.00354. The minimum atomic E-state index is -0.563. The lowest BCUT2D eigenvalue weighted by Gasteiger charge is -2.09. The molecule has 8 nitrogen and oxygen atoms in total. The zero-order valence-electron chi connectivity index (χ0n) is 23.1. The summed E-state index contributed by atoms with van der Waals surface area (Å²) in [5.41, 5.74) is 2.59. The first-order chi connectivity index (χ1) is 19.8. The van der Waals surface area contributed by atoms with Gasteiger partial charge in [-0.3, -0.25) is 0 Å². The third kappa shape index (κ3) is 10.1. The highest BCUT2D eigenvalue weighted by molar-refractivity contribution is 5.92. The highest BCUT2D eigenvalue weighted by Crippen LogP contribution is 2.24. The molecule has 0 spiro atoms. The van der Waals surface area contributed by atoms with E-state index < -0.39 is 24.5 Å². The van der Waals surface area contributed by atoms with Gasteiger partial charge in [0.25, 0.3) is 0 Å². The van der Waals surface area contributed by atoms with E-state index in [0.29, 0.717) is 41.6 Å². The molecule has 0 amide bonds. The first kappa shape index (κ1) is 30.8. The van der Waals surface area contributed by atoms with Gasteiger partial charge in [-0.15, -0.1) is 0 Å². The van der Waals surface area contributed by atoms with Crippen LogP contribution in [0.2, 0.25) is 0 Å². The van der Waals surface area contributed by atoms with Gasteiger partial charge in [0.15, 0.2) is 0 Å². The largest absolute Gasteiger partial charge is 0.494 e. The van der Waals surface area contributed by atoms with E-state index in [9.17, 15) is 14.4 Å². The van der Waals surface area contributed by atoms with Crippen LogP contribution in [0.4, 0.5) is 0 Å². The molecule has 0 radical (unpaired) electrons. The predicted molar refractivity (Wildman–Crippen MR) is 155 cm³/mol. The molecule has 0 aliphatic heterocycles. The predicted octanol–water partition coefficient (Wildman–Crippen LogP) is 6.09. The molecule has 0 aliphatic rings. The Morgan fingerprint density at radius 2 is 1.17 bits per heavy atom. The lowest BCUT2D eigenvalue weighted by Crippen LogP contribution is -2.10. The fraction of sp³-hybridized carbons (Fsp3) is 0.242. The maximum Gasteiger partial charge on any atom is 0.343 e. The fourth-order valence-corrected chi connectivity index (χ4v) is 3.56. The molecule has 0 bridgehead atoms. The summed E-state index contributed by atoms with van der Waals surface area (Å²) in [5, 5.41) is 8.83. The molecule has 3 aromatic carbocycles. The number of hydrogen-bond acceptors (Lipinski definition) is 8. The van der Waals surface area contributed by atoms with Crippen LogP contribution in [0, 0.1) is 0 Å². The first-order valence-corrected chi connectivity index (χ1v) is 13.3. The lowest BCUT2D eigenvalue weighted by atomic mass is 10.0. The minimum absolute atomic E-state index is 0.0546. The normalized spacial score (nSPS) is 10.4. The van der Waals surface area contributed by atoms with Crippen molar-refractivity contribution in [1.29, 1.82) is 0 Å². The Bertz CT molecular complexity index is 1340. The van der Waals surface area contributed by atoms with Gasteiger partial charge in [-0.25, -0.2) is 14.4 Å². The molecule has 0 aromatic heterocycles. The second-order valence-corrected chi connectivity index (χ2v) is 9.29. The Morgan fingerprint density at radius 1 is 0.659 bits per heavy atom. The number of rotatable bonds is 15. The van der Waals surface area contributed by atoms with E-state index in [4.69, 9.17) is 24.1 Å². The summed E-state index contributed by atoms with van der Waals surface area (Å²) >= 11 is 0. The van der Waals surface area contributed by atoms with Gasteiger partial charge >= 0.3 is 17.9 Å². The number of unbranched alkanes of at least 4 members (excludes halogenated alkanes) is 3. The quantitative estimate of drug-likeness (QED) is 0.103. The zero-order valence-corrected chi connectivity index (χ0v) is 23.1. The van der Waals surface area contributed by atoms with Crippen LogP contribution in [-0.4, -0.2) is 42.8 Å². The number of carbonyl (C=O) groups is 3. The molecule has 8 heteroatoms.